The summed E-state index contributed by atoms with van der Waals surface area (Å²) in [7, 11) is 0. The van der Waals surface area contributed by atoms with E-state index < -0.39 is 11.7 Å². The van der Waals surface area contributed by atoms with E-state index in [2.05, 4.69) is 15.3 Å². The van der Waals surface area contributed by atoms with Crippen LogP contribution in [0.15, 0.2) is 77.9 Å². The minimum Gasteiger partial charge on any atom is -0.426 e. The Bertz CT molecular complexity index is 1220. The lowest BCUT2D eigenvalue weighted by molar-refractivity contribution is 0.191. The number of aromatic nitrogens is 3. The molecule has 0 fully saturated rings. The summed E-state index contributed by atoms with van der Waals surface area (Å²) in [6.45, 7) is 0.133. The number of halogens is 1. The molecule has 0 spiro atoms. The van der Waals surface area contributed by atoms with Gasteiger partial charge < -0.3 is 20.6 Å². The number of pyridine rings is 1. The third kappa shape index (κ3) is 3.94. The Hall–Kier alpha value is -3.55. The molecule has 30 heavy (non-hydrogen) atoms. The smallest absolute Gasteiger partial charge is 0.261 e. The predicted octanol–water partition coefficient (Wildman–Crippen LogP) is 3.94. The van der Waals surface area contributed by atoms with Gasteiger partial charge in [0.05, 0.1) is 18.0 Å². The summed E-state index contributed by atoms with van der Waals surface area (Å²) in [5.74, 6) is 0.0930. The van der Waals surface area contributed by atoms with Gasteiger partial charge in [0.2, 0.25) is 0 Å². The summed E-state index contributed by atoms with van der Waals surface area (Å²) in [5, 5.41) is 24.7. The average molecular weight is 423 g/mol. The van der Waals surface area contributed by atoms with Crippen LogP contribution in [0.3, 0.4) is 0 Å². The Morgan fingerprint density at radius 2 is 1.93 bits per heavy atom. The van der Waals surface area contributed by atoms with Crippen molar-refractivity contribution in [2.75, 3.05) is 11.9 Å². The molecule has 0 bridgehead atoms. The molecule has 0 saturated heterocycles. The highest BCUT2D eigenvalue weighted by Gasteiger charge is 2.19. The molecule has 4 aromatic rings. The van der Waals surface area contributed by atoms with E-state index in [1.54, 1.807) is 30.3 Å². The van der Waals surface area contributed by atoms with Crippen molar-refractivity contribution in [1.82, 2.24) is 14.7 Å². The Morgan fingerprint density at radius 3 is 2.70 bits per heavy atom. The van der Waals surface area contributed by atoms with E-state index in [-0.39, 0.29) is 17.9 Å². The van der Waals surface area contributed by atoms with Crippen molar-refractivity contribution in [3.63, 3.8) is 0 Å². The highest BCUT2D eigenvalue weighted by atomic mass is 35.5. The molecule has 0 aliphatic heterocycles. The number of hydrogen-bond acceptors (Lipinski definition) is 5. The number of anilines is 1. The van der Waals surface area contributed by atoms with E-state index in [1.165, 1.54) is 12.4 Å². The van der Waals surface area contributed by atoms with E-state index >= 15 is 0 Å². The maximum atomic E-state index is 12.6. The quantitative estimate of drug-likeness (QED) is 0.352. The van der Waals surface area contributed by atoms with Gasteiger partial charge in [-0.15, -0.1) is 0 Å². The lowest BCUT2D eigenvalue weighted by Gasteiger charge is -2.15. The van der Waals surface area contributed by atoms with Crippen LogP contribution in [0.25, 0.3) is 22.6 Å². The first-order valence-corrected chi connectivity index (χ1v) is 9.64. The fourth-order valence-corrected chi connectivity index (χ4v) is 3.41. The molecule has 0 aliphatic carbocycles. The maximum Gasteiger partial charge on any atom is 0.261 e. The van der Waals surface area contributed by atoms with E-state index in [0.717, 1.165) is 10.3 Å². The fraction of sp³-hybridized carbons (Fsp3) is 0.0909. The van der Waals surface area contributed by atoms with Gasteiger partial charge in [0.15, 0.2) is 5.82 Å². The molecule has 1 atom stereocenters. The van der Waals surface area contributed by atoms with E-state index in [4.69, 9.17) is 11.6 Å². The standard InChI is InChI=1S/C22H19ClN4O3/c23-16-8-4-7-15(11-16)19(28)13-25-17-9-10-24-22(29)20(17)21-26-12-18(27(21)30)14-5-2-1-3-6-14/h1-12,19,28,30H,13H2,(H2,24,25,29). The SMILES string of the molecule is O=c1[nH]ccc(NCC(O)c2cccc(Cl)c2)c1-c1ncc(-c2ccccc2)n1O. The van der Waals surface area contributed by atoms with Crippen LogP contribution in [0.5, 0.6) is 0 Å². The molecule has 2 aromatic heterocycles. The number of aromatic amines is 1. The van der Waals surface area contributed by atoms with Gasteiger partial charge in [0, 0.05) is 23.3 Å². The molecule has 0 aliphatic rings. The van der Waals surface area contributed by atoms with Crippen LogP contribution in [0.2, 0.25) is 5.02 Å². The summed E-state index contributed by atoms with van der Waals surface area (Å²) in [4.78, 5) is 19.4. The van der Waals surface area contributed by atoms with Crippen LogP contribution in [-0.2, 0) is 0 Å². The minimum absolute atomic E-state index is 0.0930. The molecule has 0 radical (unpaired) electrons. The van der Waals surface area contributed by atoms with Crippen molar-refractivity contribution >= 4 is 17.3 Å². The van der Waals surface area contributed by atoms with Crippen molar-refractivity contribution < 1.29 is 10.3 Å². The molecule has 4 rings (SSSR count). The Labute approximate surface area is 177 Å². The molecule has 0 amide bonds. The van der Waals surface area contributed by atoms with Crippen molar-refractivity contribution in [3.05, 3.63) is 94.0 Å². The monoisotopic (exact) mass is 422 g/mol. The van der Waals surface area contributed by atoms with Crippen LogP contribution in [0, 0.1) is 0 Å². The maximum absolute atomic E-state index is 12.6. The van der Waals surface area contributed by atoms with Gasteiger partial charge >= 0.3 is 0 Å². The third-order valence-corrected chi connectivity index (χ3v) is 4.95. The molecule has 152 valence electrons. The van der Waals surface area contributed by atoms with Crippen LogP contribution < -0.4 is 10.9 Å². The first kappa shape index (κ1) is 19.8. The molecule has 2 aromatic carbocycles. The molecule has 1 unspecified atom stereocenters. The first-order valence-electron chi connectivity index (χ1n) is 9.26. The van der Waals surface area contributed by atoms with Crippen LogP contribution in [0.1, 0.15) is 11.7 Å². The number of aliphatic hydroxyl groups is 1. The van der Waals surface area contributed by atoms with Gasteiger partial charge in [-0.1, -0.05) is 54.1 Å². The molecule has 4 N–H and O–H groups in total. The lowest BCUT2D eigenvalue weighted by atomic mass is 10.1. The van der Waals surface area contributed by atoms with Crippen molar-refractivity contribution in [3.8, 4) is 22.6 Å². The summed E-state index contributed by atoms with van der Waals surface area (Å²) in [6, 6.07) is 17.8. The molecule has 0 saturated carbocycles. The number of nitrogens with one attached hydrogen (secondary N) is 2. The predicted molar refractivity (Wildman–Crippen MR) is 116 cm³/mol. The second-order valence-corrected chi connectivity index (χ2v) is 7.13. The molecule has 2 heterocycles. The van der Waals surface area contributed by atoms with Gasteiger partial charge in [-0.25, -0.2) is 4.98 Å². The summed E-state index contributed by atoms with van der Waals surface area (Å²) < 4.78 is 0.887. The zero-order valence-electron chi connectivity index (χ0n) is 15.8. The summed E-state index contributed by atoms with van der Waals surface area (Å²) in [5.41, 5.74) is 2.05. The van der Waals surface area contributed by atoms with E-state index in [9.17, 15) is 15.1 Å². The van der Waals surface area contributed by atoms with Crippen LogP contribution in [-0.4, -0.2) is 31.6 Å². The number of aliphatic hydroxyl groups excluding tert-OH is 1. The normalized spacial score (nSPS) is 11.9. The van der Waals surface area contributed by atoms with Crippen molar-refractivity contribution in [2.45, 2.75) is 6.10 Å². The number of benzene rings is 2. The van der Waals surface area contributed by atoms with Crippen molar-refractivity contribution in [2.24, 2.45) is 0 Å². The molecular formula is C22H19ClN4O3. The minimum atomic E-state index is -0.843. The van der Waals surface area contributed by atoms with Gasteiger partial charge in [-0.05, 0) is 23.8 Å². The zero-order chi connectivity index (χ0) is 21.1. The van der Waals surface area contributed by atoms with Gasteiger partial charge in [-0.2, -0.15) is 4.73 Å². The van der Waals surface area contributed by atoms with Crippen molar-refractivity contribution in [1.29, 1.82) is 0 Å². The second-order valence-electron chi connectivity index (χ2n) is 6.69. The van der Waals surface area contributed by atoms with Crippen LogP contribution in [0.4, 0.5) is 5.69 Å². The Balaban J connectivity index is 1.65. The largest absolute Gasteiger partial charge is 0.426 e. The Morgan fingerprint density at radius 1 is 1.13 bits per heavy atom. The second kappa shape index (κ2) is 8.44. The number of imidazole rings is 1. The van der Waals surface area contributed by atoms with Gasteiger partial charge in [-0.3, -0.25) is 4.79 Å². The van der Waals surface area contributed by atoms with E-state index in [1.807, 2.05) is 30.3 Å². The topological polar surface area (TPSA) is 103 Å². The van der Waals surface area contributed by atoms with Crippen LogP contribution >= 0.6 is 11.6 Å². The average Bonchev–Trinajstić information content (AvgIpc) is 3.13. The number of nitrogens with zero attached hydrogens (tertiary/aromatic N) is 2. The Kier molecular flexibility index (Phi) is 5.56. The number of H-pyrrole nitrogens is 1. The summed E-state index contributed by atoms with van der Waals surface area (Å²) in [6.07, 6.45) is 2.15. The number of hydrogen-bond donors (Lipinski definition) is 4. The fourth-order valence-electron chi connectivity index (χ4n) is 3.21. The van der Waals surface area contributed by atoms with Gasteiger partial charge in [0.1, 0.15) is 11.3 Å². The van der Waals surface area contributed by atoms with Gasteiger partial charge in [0.25, 0.3) is 5.56 Å². The summed E-state index contributed by atoms with van der Waals surface area (Å²) >= 11 is 5.99. The highest BCUT2D eigenvalue weighted by Crippen LogP contribution is 2.28. The third-order valence-electron chi connectivity index (χ3n) is 4.71. The molecular weight excluding hydrogens is 404 g/mol. The molecule has 7 nitrogen and oxygen atoms in total. The zero-order valence-corrected chi connectivity index (χ0v) is 16.5. The first-order chi connectivity index (χ1) is 14.5. The van der Waals surface area contributed by atoms with E-state index in [0.29, 0.717) is 22.0 Å². The molecule has 8 heteroatoms. The highest BCUT2D eigenvalue weighted by molar-refractivity contribution is 6.30. The number of rotatable bonds is 6. The lowest BCUT2D eigenvalue weighted by Crippen LogP contribution is -2.18.